The van der Waals surface area contributed by atoms with Gasteiger partial charge >= 0.3 is 0 Å². The molecule has 2 rings (SSSR count). The van der Waals surface area contributed by atoms with Crippen molar-refractivity contribution in [3.63, 3.8) is 0 Å². The third-order valence-electron chi connectivity index (χ3n) is 2.61. The fourth-order valence-corrected chi connectivity index (χ4v) is 1.80. The highest BCUT2D eigenvalue weighted by Crippen LogP contribution is 2.33. The Morgan fingerprint density at radius 3 is 2.87 bits per heavy atom. The molecule has 1 aliphatic rings. The number of rotatable bonds is 4. The van der Waals surface area contributed by atoms with Gasteiger partial charge in [0.15, 0.2) is 0 Å². The summed E-state index contributed by atoms with van der Waals surface area (Å²) in [6.07, 6.45) is 3.04. The Kier molecular flexibility index (Phi) is 3.06. The maximum atomic E-state index is 13.3. The first kappa shape index (κ1) is 10.6. The second-order valence-corrected chi connectivity index (χ2v) is 4.54. The van der Waals surface area contributed by atoms with Gasteiger partial charge in [0.25, 0.3) is 0 Å². The van der Waals surface area contributed by atoms with Crippen LogP contribution in [0.25, 0.3) is 0 Å². The Bertz CT molecular complexity index is 385. The predicted octanol–water partition coefficient (Wildman–Crippen LogP) is 3.39. The van der Waals surface area contributed by atoms with Gasteiger partial charge in [-0.05, 0) is 42.5 Å². The Morgan fingerprint density at radius 2 is 2.20 bits per heavy atom. The average molecular weight is 227 g/mol. The molecule has 1 aromatic carbocycles. The Labute approximate surface area is 93.2 Å². The molecule has 0 unspecified atom stereocenters. The number of carbonyl (C=O) groups excluding carboxylic acids is 1. The standard InChI is InChI=1S/C12H12ClFO/c13-10-3-4-12(14)9(6-10)7-11(15)5-8-1-2-8/h3-4,6,8H,1-2,5,7H2. The predicted molar refractivity (Wildman–Crippen MR) is 57.5 cm³/mol. The van der Waals surface area contributed by atoms with Crippen LogP contribution in [0.4, 0.5) is 4.39 Å². The zero-order valence-electron chi connectivity index (χ0n) is 8.30. The molecule has 0 radical (unpaired) electrons. The van der Waals surface area contributed by atoms with E-state index in [-0.39, 0.29) is 18.0 Å². The van der Waals surface area contributed by atoms with Crippen LogP contribution in [-0.2, 0) is 11.2 Å². The molecule has 3 heteroatoms. The lowest BCUT2D eigenvalue weighted by Crippen LogP contribution is -2.05. The van der Waals surface area contributed by atoms with E-state index in [1.165, 1.54) is 18.2 Å². The van der Waals surface area contributed by atoms with Crippen molar-refractivity contribution in [1.82, 2.24) is 0 Å². The first-order valence-electron chi connectivity index (χ1n) is 5.11. The quantitative estimate of drug-likeness (QED) is 0.769. The number of hydrogen-bond donors (Lipinski definition) is 0. The van der Waals surface area contributed by atoms with Crippen molar-refractivity contribution >= 4 is 17.4 Å². The molecule has 1 nitrogen and oxygen atoms in total. The largest absolute Gasteiger partial charge is 0.299 e. The van der Waals surface area contributed by atoms with E-state index < -0.39 is 0 Å². The summed E-state index contributed by atoms with van der Waals surface area (Å²) in [5.74, 6) is 0.321. The number of Topliss-reactive ketones (excluding diaryl/α,β-unsaturated/α-hetero) is 1. The van der Waals surface area contributed by atoms with Crippen LogP contribution < -0.4 is 0 Å². The second kappa shape index (κ2) is 4.31. The van der Waals surface area contributed by atoms with Crippen LogP contribution in [0.15, 0.2) is 18.2 Å². The summed E-state index contributed by atoms with van der Waals surface area (Å²) in [5, 5.41) is 0.477. The van der Waals surface area contributed by atoms with E-state index in [1.807, 2.05) is 0 Å². The van der Waals surface area contributed by atoms with Gasteiger partial charge in [0, 0.05) is 17.9 Å². The van der Waals surface area contributed by atoms with Gasteiger partial charge in [-0.25, -0.2) is 4.39 Å². The number of benzene rings is 1. The zero-order chi connectivity index (χ0) is 10.8. The van der Waals surface area contributed by atoms with Crippen molar-refractivity contribution < 1.29 is 9.18 Å². The first-order chi connectivity index (χ1) is 7.15. The molecule has 1 aliphatic carbocycles. The first-order valence-corrected chi connectivity index (χ1v) is 5.48. The van der Waals surface area contributed by atoms with Crippen LogP contribution in [0.3, 0.4) is 0 Å². The summed E-state index contributed by atoms with van der Waals surface area (Å²) >= 11 is 5.74. The van der Waals surface area contributed by atoms with Crippen molar-refractivity contribution in [3.05, 3.63) is 34.6 Å². The molecule has 0 amide bonds. The lowest BCUT2D eigenvalue weighted by Gasteiger charge is -2.02. The second-order valence-electron chi connectivity index (χ2n) is 4.10. The fraction of sp³-hybridized carbons (Fsp3) is 0.417. The molecule has 80 valence electrons. The monoisotopic (exact) mass is 226 g/mol. The van der Waals surface area contributed by atoms with Crippen molar-refractivity contribution in [1.29, 1.82) is 0 Å². The van der Waals surface area contributed by atoms with Gasteiger partial charge in [-0.1, -0.05) is 11.6 Å². The SMILES string of the molecule is O=C(Cc1cc(Cl)ccc1F)CC1CC1. The maximum absolute atomic E-state index is 13.3. The van der Waals surface area contributed by atoms with E-state index in [9.17, 15) is 9.18 Å². The fourth-order valence-electron chi connectivity index (χ4n) is 1.61. The molecule has 15 heavy (non-hydrogen) atoms. The lowest BCUT2D eigenvalue weighted by atomic mass is 10.0. The van der Waals surface area contributed by atoms with E-state index in [2.05, 4.69) is 0 Å². The number of ketones is 1. The minimum absolute atomic E-state index is 0.110. The molecule has 0 spiro atoms. The van der Waals surface area contributed by atoms with Gasteiger partial charge in [-0.3, -0.25) is 4.79 Å². The van der Waals surface area contributed by atoms with E-state index in [4.69, 9.17) is 11.6 Å². The molecule has 0 saturated heterocycles. The van der Waals surface area contributed by atoms with E-state index in [0.717, 1.165) is 12.8 Å². The van der Waals surface area contributed by atoms with Crippen molar-refractivity contribution in [2.24, 2.45) is 5.92 Å². The van der Waals surface area contributed by atoms with Crippen LogP contribution in [0.2, 0.25) is 5.02 Å². The molecule has 1 saturated carbocycles. The molecule has 0 N–H and O–H groups in total. The van der Waals surface area contributed by atoms with Crippen molar-refractivity contribution in [3.8, 4) is 0 Å². The third kappa shape index (κ3) is 3.03. The molecule has 0 aromatic heterocycles. The molecular formula is C12H12ClFO. The Hall–Kier alpha value is -0.890. The average Bonchev–Trinajstić information content (AvgIpc) is 2.95. The van der Waals surface area contributed by atoms with Crippen LogP contribution in [0.5, 0.6) is 0 Å². The summed E-state index contributed by atoms with van der Waals surface area (Å²) in [6.45, 7) is 0. The minimum Gasteiger partial charge on any atom is -0.299 e. The lowest BCUT2D eigenvalue weighted by molar-refractivity contribution is -0.118. The zero-order valence-corrected chi connectivity index (χ0v) is 9.06. The van der Waals surface area contributed by atoms with Crippen LogP contribution in [0.1, 0.15) is 24.8 Å². The molecule has 1 fully saturated rings. The number of halogens is 2. The van der Waals surface area contributed by atoms with Gasteiger partial charge in [-0.15, -0.1) is 0 Å². The topological polar surface area (TPSA) is 17.1 Å². The third-order valence-corrected chi connectivity index (χ3v) is 2.84. The summed E-state index contributed by atoms with van der Waals surface area (Å²) in [6, 6.07) is 4.33. The highest BCUT2D eigenvalue weighted by atomic mass is 35.5. The van der Waals surface area contributed by atoms with Gasteiger partial charge in [0.1, 0.15) is 11.6 Å². The molecule has 0 heterocycles. The maximum Gasteiger partial charge on any atom is 0.137 e. The molecule has 1 aromatic rings. The van der Waals surface area contributed by atoms with Crippen LogP contribution in [0, 0.1) is 11.7 Å². The normalized spacial score (nSPS) is 15.3. The molecular weight excluding hydrogens is 215 g/mol. The van der Waals surface area contributed by atoms with Crippen molar-refractivity contribution in [2.75, 3.05) is 0 Å². The van der Waals surface area contributed by atoms with Crippen LogP contribution >= 0.6 is 11.6 Å². The summed E-state index contributed by atoms with van der Waals surface area (Å²) < 4.78 is 13.3. The summed E-state index contributed by atoms with van der Waals surface area (Å²) in [7, 11) is 0. The van der Waals surface area contributed by atoms with Gasteiger partial charge in [0.05, 0.1) is 0 Å². The minimum atomic E-state index is -0.344. The smallest absolute Gasteiger partial charge is 0.137 e. The number of carbonyl (C=O) groups is 1. The van der Waals surface area contributed by atoms with Gasteiger partial charge in [0.2, 0.25) is 0 Å². The van der Waals surface area contributed by atoms with E-state index >= 15 is 0 Å². The van der Waals surface area contributed by atoms with Gasteiger partial charge in [-0.2, -0.15) is 0 Å². The van der Waals surface area contributed by atoms with Crippen molar-refractivity contribution in [2.45, 2.75) is 25.7 Å². The summed E-state index contributed by atoms with van der Waals surface area (Å²) in [4.78, 5) is 11.5. The van der Waals surface area contributed by atoms with E-state index in [0.29, 0.717) is 22.9 Å². The summed E-state index contributed by atoms with van der Waals surface area (Å²) in [5.41, 5.74) is 0.410. The molecule has 0 bridgehead atoms. The Balaban J connectivity index is 2.01. The number of hydrogen-bond acceptors (Lipinski definition) is 1. The highest BCUT2D eigenvalue weighted by Gasteiger charge is 2.24. The highest BCUT2D eigenvalue weighted by molar-refractivity contribution is 6.30. The van der Waals surface area contributed by atoms with Gasteiger partial charge < -0.3 is 0 Å². The van der Waals surface area contributed by atoms with E-state index in [1.54, 1.807) is 0 Å². The Morgan fingerprint density at radius 1 is 1.47 bits per heavy atom. The molecule has 0 aliphatic heterocycles. The molecule has 0 atom stereocenters. The van der Waals surface area contributed by atoms with Crippen LogP contribution in [-0.4, -0.2) is 5.78 Å².